The summed E-state index contributed by atoms with van der Waals surface area (Å²) in [5.74, 6) is 0.424. The first kappa shape index (κ1) is 21.9. The Hall–Kier alpha value is -4.30. The van der Waals surface area contributed by atoms with E-state index in [1.54, 1.807) is 0 Å². The summed E-state index contributed by atoms with van der Waals surface area (Å²) in [4.78, 5) is 0. The molecule has 0 fully saturated rings. The Morgan fingerprint density at radius 3 is 2.22 bits per heavy atom. The lowest BCUT2D eigenvalue weighted by Crippen LogP contribution is -2.54. The van der Waals surface area contributed by atoms with Crippen LogP contribution >= 0.6 is 0 Å². The monoisotopic (exact) mass is 478 g/mol. The molecule has 3 heterocycles. The molecule has 5 aromatic rings. The predicted molar refractivity (Wildman–Crippen MR) is 149 cm³/mol. The van der Waals surface area contributed by atoms with Crippen molar-refractivity contribution >= 4 is 0 Å². The second-order valence-electron chi connectivity index (χ2n) is 10.4. The minimum Gasteiger partial charge on any atom is -0.193 e. The molecule has 37 heavy (non-hydrogen) atoms. The van der Waals surface area contributed by atoms with E-state index in [2.05, 4.69) is 145 Å². The Morgan fingerprint density at radius 2 is 1.38 bits per heavy atom. The van der Waals surface area contributed by atoms with Gasteiger partial charge in [-0.3, -0.25) is 0 Å². The number of pyridine rings is 2. The highest BCUT2D eigenvalue weighted by atomic mass is 15.1. The van der Waals surface area contributed by atoms with Crippen molar-refractivity contribution in [3.8, 4) is 33.6 Å². The minimum atomic E-state index is 0.352. The lowest BCUT2D eigenvalue weighted by atomic mass is 9.71. The van der Waals surface area contributed by atoms with Gasteiger partial charge < -0.3 is 0 Å². The molecular formula is C35H30N2+2. The van der Waals surface area contributed by atoms with Gasteiger partial charge >= 0.3 is 0 Å². The first-order chi connectivity index (χ1) is 18.2. The standard InChI is InChI=1S/C35H30N2/c1-24-12-6-7-15-28(24)34-20-25(2)32(26-13-4-3-5-14-26)23-36(34)22-27-21-31-29-16-8-9-17-30(29)33-18-10-11-19-37(33)35(27)31/h3-21,23,31,35H,22H2,1-2H3/q+2. The van der Waals surface area contributed by atoms with Gasteiger partial charge in [-0.05, 0) is 54.3 Å². The van der Waals surface area contributed by atoms with Crippen molar-refractivity contribution < 1.29 is 9.13 Å². The molecule has 0 N–H and O–H groups in total. The summed E-state index contributed by atoms with van der Waals surface area (Å²) in [5.41, 5.74) is 13.3. The molecule has 2 atom stereocenters. The molecule has 178 valence electrons. The average Bonchev–Trinajstić information content (AvgIpc) is 2.92. The summed E-state index contributed by atoms with van der Waals surface area (Å²) in [6.07, 6.45) is 7.13. The van der Waals surface area contributed by atoms with Crippen LogP contribution in [0.15, 0.2) is 127 Å². The van der Waals surface area contributed by atoms with Crippen LogP contribution in [0.4, 0.5) is 0 Å². The van der Waals surface area contributed by atoms with E-state index in [0.29, 0.717) is 12.0 Å². The van der Waals surface area contributed by atoms with Crippen molar-refractivity contribution in [2.45, 2.75) is 32.4 Å². The quantitative estimate of drug-likeness (QED) is 0.191. The number of aryl methyl sites for hydroxylation is 2. The Kier molecular flexibility index (Phi) is 5.14. The van der Waals surface area contributed by atoms with Crippen LogP contribution in [-0.4, -0.2) is 0 Å². The molecule has 0 saturated carbocycles. The van der Waals surface area contributed by atoms with E-state index in [1.165, 1.54) is 55.9 Å². The van der Waals surface area contributed by atoms with E-state index in [0.717, 1.165) is 6.54 Å². The molecule has 0 bridgehead atoms. The third-order valence-corrected chi connectivity index (χ3v) is 8.13. The second kappa shape index (κ2) is 8.67. The number of allylic oxidation sites excluding steroid dienone is 2. The van der Waals surface area contributed by atoms with Gasteiger partial charge in [0.05, 0.1) is 17.1 Å². The predicted octanol–water partition coefficient (Wildman–Crippen LogP) is 7.16. The SMILES string of the molecule is Cc1cc(-c2ccccc2C)[n+](CC2=CC3c4ccccc4-c4cccc[n+]4C23)cc1-c1ccccc1. The van der Waals surface area contributed by atoms with Crippen molar-refractivity contribution in [1.29, 1.82) is 0 Å². The summed E-state index contributed by atoms with van der Waals surface area (Å²) >= 11 is 0. The maximum Gasteiger partial charge on any atom is 0.213 e. The first-order valence-corrected chi connectivity index (χ1v) is 13.1. The van der Waals surface area contributed by atoms with Crippen molar-refractivity contribution in [3.05, 3.63) is 144 Å². The van der Waals surface area contributed by atoms with Gasteiger partial charge in [0.1, 0.15) is 0 Å². The number of hydrogen-bond donors (Lipinski definition) is 0. The van der Waals surface area contributed by atoms with Crippen LogP contribution < -0.4 is 9.13 Å². The van der Waals surface area contributed by atoms with E-state index in [-0.39, 0.29) is 0 Å². The highest BCUT2D eigenvalue weighted by Crippen LogP contribution is 2.48. The molecule has 3 aromatic carbocycles. The molecule has 2 aliphatic rings. The van der Waals surface area contributed by atoms with E-state index in [4.69, 9.17) is 0 Å². The molecule has 0 amide bonds. The van der Waals surface area contributed by atoms with Crippen LogP contribution in [-0.2, 0) is 6.54 Å². The van der Waals surface area contributed by atoms with Gasteiger partial charge in [-0.2, -0.15) is 9.13 Å². The molecule has 0 spiro atoms. The maximum atomic E-state index is 2.50. The number of rotatable bonds is 4. The Labute approximate surface area is 218 Å². The van der Waals surface area contributed by atoms with Crippen molar-refractivity contribution in [2.75, 3.05) is 0 Å². The Bertz CT molecular complexity index is 1680. The largest absolute Gasteiger partial charge is 0.213 e. The summed E-state index contributed by atoms with van der Waals surface area (Å²) in [7, 11) is 0. The number of nitrogens with zero attached hydrogens (tertiary/aromatic N) is 2. The molecule has 7 rings (SSSR count). The smallest absolute Gasteiger partial charge is 0.193 e. The number of hydrogen-bond acceptors (Lipinski definition) is 0. The number of aromatic nitrogens is 2. The van der Waals surface area contributed by atoms with Crippen LogP contribution in [0.2, 0.25) is 0 Å². The highest BCUT2D eigenvalue weighted by Gasteiger charge is 2.48. The van der Waals surface area contributed by atoms with E-state index in [9.17, 15) is 0 Å². The fourth-order valence-electron chi connectivity index (χ4n) is 6.27. The summed E-state index contributed by atoms with van der Waals surface area (Å²) in [6, 6.07) is 37.7. The van der Waals surface area contributed by atoms with Crippen molar-refractivity contribution in [1.82, 2.24) is 0 Å². The van der Waals surface area contributed by atoms with Crippen molar-refractivity contribution in [2.24, 2.45) is 0 Å². The van der Waals surface area contributed by atoms with Gasteiger partial charge in [0.2, 0.25) is 11.4 Å². The molecule has 0 radical (unpaired) electrons. The zero-order chi connectivity index (χ0) is 24.9. The second-order valence-corrected chi connectivity index (χ2v) is 10.4. The zero-order valence-electron chi connectivity index (χ0n) is 21.3. The van der Waals surface area contributed by atoms with Crippen LogP contribution in [0.25, 0.3) is 33.6 Å². The minimum absolute atomic E-state index is 0.352. The zero-order valence-corrected chi connectivity index (χ0v) is 21.3. The molecule has 2 unspecified atom stereocenters. The summed E-state index contributed by atoms with van der Waals surface area (Å²) < 4.78 is 4.96. The van der Waals surface area contributed by atoms with Gasteiger partial charge in [0.25, 0.3) is 0 Å². The molecule has 1 aliphatic carbocycles. The third kappa shape index (κ3) is 3.55. The maximum absolute atomic E-state index is 2.50. The van der Waals surface area contributed by atoms with Crippen LogP contribution in [0.5, 0.6) is 0 Å². The fraction of sp³-hybridized carbons (Fsp3) is 0.143. The Balaban J connectivity index is 1.37. The first-order valence-electron chi connectivity index (χ1n) is 13.1. The molecule has 2 aromatic heterocycles. The number of benzene rings is 3. The normalized spacial score (nSPS) is 17.2. The van der Waals surface area contributed by atoms with E-state index < -0.39 is 0 Å². The van der Waals surface area contributed by atoms with Gasteiger partial charge in [0.15, 0.2) is 25.0 Å². The topological polar surface area (TPSA) is 7.76 Å². The molecule has 2 nitrogen and oxygen atoms in total. The number of fused-ring (bicyclic) bond motifs is 6. The van der Waals surface area contributed by atoms with Gasteiger partial charge in [-0.15, -0.1) is 0 Å². The third-order valence-electron chi connectivity index (χ3n) is 8.13. The summed E-state index contributed by atoms with van der Waals surface area (Å²) in [5, 5.41) is 0. The van der Waals surface area contributed by atoms with Crippen LogP contribution in [0.1, 0.15) is 28.7 Å². The fourth-order valence-corrected chi connectivity index (χ4v) is 6.27. The van der Waals surface area contributed by atoms with Gasteiger partial charge in [0, 0.05) is 29.3 Å². The molecule has 2 heteroatoms. The lowest BCUT2D eigenvalue weighted by Gasteiger charge is -2.36. The van der Waals surface area contributed by atoms with E-state index in [1.807, 2.05) is 0 Å². The molecule has 0 saturated heterocycles. The molecule has 1 aliphatic heterocycles. The Morgan fingerprint density at radius 1 is 0.649 bits per heavy atom. The average molecular weight is 479 g/mol. The lowest BCUT2D eigenvalue weighted by molar-refractivity contribution is -0.725. The van der Waals surface area contributed by atoms with Gasteiger partial charge in [-0.25, -0.2) is 0 Å². The van der Waals surface area contributed by atoms with E-state index >= 15 is 0 Å². The van der Waals surface area contributed by atoms with Gasteiger partial charge in [-0.1, -0.05) is 72.8 Å². The highest BCUT2D eigenvalue weighted by molar-refractivity contribution is 5.70. The van der Waals surface area contributed by atoms with Crippen LogP contribution in [0.3, 0.4) is 0 Å². The summed E-state index contributed by atoms with van der Waals surface area (Å²) in [6.45, 7) is 5.31. The molecular weight excluding hydrogens is 448 g/mol. The van der Waals surface area contributed by atoms with Crippen LogP contribution in [0, 0.1) is 13.8 Å². The van der Waals surface area contributed by atoms with Crippen molar-refractivity contribution in [3.63, 3.8) is 0 Å².